The summed E-state index contributed by atoms with van der Waals surface area (Å²) in [6.07, 6.45) is 0. The van der Waals surface area contributed by atoms with Crippen molar-refractivity contribution in [1.29, 1.82) is 0 Å². The van der Waals surface area contributed by atoms with Gasteiger partial charge in [-0.1, -0.05) is 37.0 Å². The molecule has 0 aliphatic carbocycles. The largest absolute Gasteiger partial charge is 0.329 e. The van der Waals surface area contributed by atoms with E-state index in [1.807, 2.05) is 12.1 Å². The molecule has 1 aromatic rings. The molecule has 0 spiro atoms. The summed E-state index contributed by atoms with van der Waals surface area (Å²) >= 11 is 11.9. The highest BCUT2D eigenvalue weighted by Crippen LogP contribution is 2.23. The Hall–Kier alpha value is -0.280. The van der Waals surface area contributed by atoms with Crippen molar-refractivity contribution in [3.05, 3.63) is 33.8 Å². The molecule has 0 aromatic heterocycles. The van der Waals surface area contributed by atoms with Gasteiger partial charge in [0.1, 0.15) is 0 Å². The van der Waals surface area contributed by atoms with E-state index in [1.165, 1.54) is 0 Å². The Kier molecular flexibility index (Phi) is 4.87. The van der Waals surface area contributed by atoms with Crippen LogP contribution in [0.3, 0.4) is 0 Å². The predicted molar refractivity (Wildman–Crippen MR) is 66.5 cm³/mol. The summed E-state index contributed by atoms with van der Waals surface area (Å²) in [5.41, 5.74) is 6.74. The Morgan fingerprint density at radius 3 is 2.13 bits per heavy atom. The number of hydrogen-bond acceptors (Lipinski definition) is 2. The molecule has 0 heterocycles. The molecular weight excluding hydrogens is 231 g/mol. The molecule has 0 saturated carbocycles. The standard InChI is InChI=1S/C11H16Cl2N2/c1-7(2)15-11(6-14)8-3-9(12)5-10(13)4-8/h3-5,7,11,15H,6,14H2,1-2H3. The summed E-state index contributed by atoms with van der Waals surface area (Å²) in [7, 11) is 0. The lowest BCUT2D eigenvalue weighted by atomic mass is 10.1. The highest BCUT2D eigenvalue weighted by molar-refractivity contribution is 6.34. The lowest BCUT2D eigenvalue weighted by molar-refractivity contribution is 0.484. The van der Waals surface area contributed by atoms with Crippen LogP contribution in [0.15, 0.2) is 18.2 Å². The minimum Gasteiger partial charge on any atom is -0.329 e. The molecular formula is C11H16Cl2N2. The van der Waals surface area contributed by atoms with E-state index in [-0.39, 0.29) is 6.04 Å². The quantitative estimate of drug-likeness (QED) is 0.858. The zero-order valence-electron chi connectivity index (χ0n) is 8.93. The van der Waals surface area contributed by atoms with Crippen molar-refractivity contribution in [1.82, 2.24) is 5.32 Å². The predicted octanol–water partition coefficient (Wildman–Crippen LogP) is 2.99. The molecule has 1 unspecified atom stereocenters. The van der Waals surface area contributed by atoms with Gasteiger partial charge < -0.3 is 11.1 Å². The van der Waals surface area contributed by atoms with Crippen LogP contribution in [-0.4, -0.2) is 12.6 Å². The van der Waals surface area contributed by atoms with Gasteiger partial charge in [0.2, 0.25) is 0 Å². The summed E-state index contributed by atoms with van der Waals surface area (Å²) in [6, 6.07) is 5.97. The molecule has 0 amide bonds. The molecule has 0 fully saturated rings. The first-order valence-corrected chi connectivity index (χ1v) is 5.70. The van der Waals surface area contributed by atoms with E-state index in [0.717, 1.165) is 5.56 Å². The number of halogens is 2. The van der Waals surface area contributed by atoms with Gasteiger partial charge in [-0.25, -0.2) is 0 Å². The summed E-state index contributed by atoms with van der Waals surface area (Å²) in [5.74, 6) is 0. The minimum atomic E-state index is 0.0983. The molecule has 1 atom stereocenters. The summed E-state index contributed by atoms with van der Waals surface area (Å²) in [4.78, 5) is 0. The molecule has 15 heavy (non-hydrogen) atoms. The molecule has 0 bridgehead atoms. The normalized spacial score (nSPS) is 13.2. The monoisotopic (exact) mass is 246 g/mol. The van der Waals surface area contributed by atoms with Crippen LogP contribution in [0.2, 0.25) is 10.0 Å². The highest BCUT2D eigenvalue weighted by atomic mass is 35.5. The Morgan fingerprint density at radius 2 is 1.73 bits per heavy atom. The van der Waals surface area contributed by atoms with Crippen LogP contribution in [0, 0.1) is 0 Å². The molecule has 1 rings (SSSR count). The number of hydrogen-bond donors (Lipinski definition) is 2. The fourth-order valence-electron chi connectivity index (χ4n) is 1.48. The number of rotatable bonds is 4. The zero-order valence-corrected chi connectivity index (χ0v) is 10.4. The summed E-state index contributed by atoms with van der Waals surface area (Å²) < 4.78 is 0. The Bertz CT molecular complexity index is 306. The second kappa shape index (κ2) is 5.71. The van der Waals surface area contributed by atoms with E-state index in [9.17, 15) is 0 Å². The van der Waals surface area contributed by atoms with E-state index >= 15 is 0 Å². The Balaban J connectivity index is 2.91. The van der Waals surface area contributed by atoms with Gasteiger partial charge in [-0.05, 0) is 23.8 Å². The first kappa shape index (κ1) is 12.8. The van der Waals surface area contributed by atoms with Crippen LogP contribution in [0.4, 0.5) is 0 Å². The van der Waals surface area contributed by atoms with Crippen molar-refractivity contribution >= 4 is 23.2 Å². The van der Waals surface area contributed by atoms with E-state index in [2.05, 4.69) is 19.2 Å². The highest BCUT2D eigenvalue weighted by Gasteiger charge is 2.11. The summed E-state index contributed by atoms with van der Waals surface area (Å²) in [6.45, 7) is 4.68. The van der Waals surface area contributed by atoms with Gasteiger partial charge in [0, 0.05) is 28.7 Å². The second-order valence-electron chi connectivity index (χ2n) is 3.81. The van der Waals surface area contributed by atoms with Crippen molar-refractivity contribution in [3.8, 4) is 0 Å². The van der Waals surface area contributed by atoms with Gasteiger partial charge in [0.15, 0.2) is 0 Å². The fraction of sp³-hybridized carbons (Fsp3) is 0.455. The van der Waals surface area contributed by atoms with Crippen molar-refractivity contribution in [3.63, 3.8) is 0 Å². The smallest absolute Gasteiger partial charge is 0.0447 e. The first-order valence-electron chi connectivity index (χ1n) is 4.95. The maximum absolute atomic E-state index is 5.93. The Labute approximate surface area is 101 Å². The van der Waals surface area contributed by atoms with Crippen molar-refractivity contribution in [2.24, 2.45) is 5.73 Å². The lowest BCUT2D eigenvalue weighted by Gasteiger charge is -2.20. The fourth-order valence-corrected chi connectivity index (χ4v) is 2.02. The molecule has 1 aromatic carbocycles. The first-order chi connectivity index (χ1) is 7.02. The molecule has 0 saturated heterocycles. The van der Waals surface area contributed by atoms with Crippen molar-refractivity contribution in [2.45, 2.75) is 25.9 Å². The average molecular weight is 247 g/mol. The molecule has 2 nitrogen and oxygen atoms in total. The van der Waals surface area contributed by atoms with Crippen LogP contribution in [-0.2, 0) is 0 Å². The SMILES string of the molecule is CC(C)NC(CN)c1cc(Cl)cc(Cl)c1. The third kappa shape index (κ3) is 3.99. The van der Waals surface area contributed by atoms with Gasteiger partial charge in [-0.15, -0.1) is 0 Å². The summed E-state index contributed by atoms with van der Waals surface area (Å²) in [5, 5.41) is 4.64. The number of benzene rings is 1. The topological polar surface area (TPSA) is 38.0 Å². The van der Waals surface area contributed by atoms with E-state index < -0.39 is 0 Å². The molecule has 3 N–H and O–H groups in total. The van der Waals surface area contributed by atoms with E-state index in [1.54, 1.807) is 6.07 Å². The molecule has 84 valence electrons. The average Bonchev–Trinajstić information content (AvgIpc) is 2.12. The lowest BCUT2D eigenvalue weighted by Crippen LogP contribution is -2.33. The maximum Gasteiger partial charge on any atom is 0.0447 e. The number of nitrogens with two attached hydrogens (primary N) is 1. The van der Waals surface area contributed by atoms with Crippen LogP contribution < -0.4 is 11.1 Å². The van der Waals surface area contributed by atoms with Gasteiger partial charge >= 0.3 is 0 Å². The van der Waals surface area contributed by atoms with Crippen LogP contribution in [0.25, 0.3) is 0 Å². The van der Waals surface area contributed by atoms with Gasteiger partial charge in [-0.2, -0.15) is 0 Å². The van der Waals surface area contributed by atoms with E-state index in [0.29, 0.717) is 22.6 Å². The molecule has 4 heteroatoms. The second-order valence-corrected chi connectivity index (χ2v) is 4.69. The van der Waals surface area contributed by atoms with Crippen LogP contribution in [0.1, 0.15) is 25.5 Å². The zero-order chi connectivity index (χ0) is 11.4. The van der Waals surface area contributed by atoms with Crippen LogP contribution in [0.5, 0.6) is 0 Å². The van der Waals surface area contributed by atoms with Gasteiger partial charge in [-0.3, -0.25) is 0 Å². The number of nitrogens with one attached hydrogen (secondary N) is 1. The van der Waals surface area contributed by atoms with Crippen LogP contribution >= 0.6 is 23.2 Å². The minimum absolute atomic E-state index is 0.0983. The van der Waals surface area contributed by atoms with Gasteiger partial charge in [0.25, 0.3) is 0 Å². The van der Waals surface area contributed by atoms with Gasteiger partial charge in [0.05, 0.1) is 0 Å². The molecule has 0 aliphatic rings. The third-order valence-corrected chi connectivity index (χ3v) is 2.49. The van der Waals surface area contributed by atoms with Crippen molar-refractivity contribution in [2.75, 3.05) is 6.54 Å². The third-order valence-electron chi connectivity index (χ3n) is 2.06. The molecule has 0 radical (unpaired) electrons. The Morgan fingerprint density at radius 1 is 1.20 bits per heavy atom. The van der Waals surface area contributed by atoms with Crippen molar-refractivity contribution < 1.29 is 0 Å². The molecule has 0 aliphatic heterocycles. The van der Waals surface area contributed by atoms with E-state index in [4.69, 9.17) is 28.9 Å². The maximum atomic E-state index is 5.93.